The van der Waals surface area contributed by atoms with Gasteiger partial charge in [0.2, 0.25) is 0 Å². The van der Waals surface area contributed by atoms with Crippen molar-refractivity contribution in [2.75, 3.05) is 37.1 Å². The van der Waals surface area contributed by atoms with Crippen molar-refractivity contribution in [3.8, 4) is 0 Å². The molecule has 0 bridgehead atoms. The minimum absolute atomic E-state index is 0.0125. The van der Waals surface area contributed by atoms with E-state index in [4.69, 9.17) is 16.3 Å². The van der Waals surface area contributed by atoms with E-state index >= 15 is 0 Å². The van der Waals surface area contributed by atoms with E-state index in [0.29, 0.717) is 18.8 Å². The number of ether oxygens (including phenoxy) is 1. The number of nitrogens with zero attached hydrogens (tertiary/aromatic N) is 1. The molecule has 5 heteroatoms. The monoisotopic (exact) mass is 271 g/mol. The summed E-state index contributed by atoms with van der Waals surface area (Å²) in [5, 5.41) is 19.8. The number of halogens is 1. The summed E-state index contributed by atoms with van der Waals surface area (Å²) in [6.45, 7) is 2.95. The van der Waals surface area contributed by atoms with E-state index in [1.165, 1.54) is 0 Å². The van der Waals surface area contributed by atoms with Crippen molar-refractivity contribution in [1.82, 2.24) is 0 Å². The van der Waals surface area contributed by atoms with Crippen LogP contribution in [0.15, 0.2) is 24.3 Å². The average Bonchev–Trinajstić information content (AvgIpc) is 2.46. The van der Waals surface area contributed by atoms with E-state index in [9.17, 15) is 10.2 Å². The lowest BCUT2D eigenvalue weighted by Crippen LogP contribution is -2.37. The highest BCUT2D eigenvalue weighted by Gasteiger charge is 2.23. The van der Waals surface area contributed by atoms with E-state index < -0.39 is 12.2 Å². The molecular weight excluding hydrogens is 254 g/mol. The molecule has 1 aliphatic heterocycles. The number of aliphatic hydroxyl groups is 2. The Labute approximate surface area is 112 Å². The van der Waals surface area contributed by atoms with Crippen LogP contribution in [0.4, 0.5) is 5.69 Å². The summed E-state index contributed by atoms with van der Waals surface area (Å²) in [7, 11) is 0. The van der Waals surface area contributed by atoms with Gasteiger partial charge in [-0.1, -0.05) is 18.2 Å². The summed E-state index contributed by atoms with van der Waals surface area (Å²) < 4.78 is 5.32. The number of para-hydroxylation sites is 1. The fraction of sp³-hybridized carbons (Fsp3) is 0.538. The Morgan fingerprint density at radius 3 is 2.56 bits per heavy atom. The van der Waals surface area contributed by atoms with Crippen molar-refractivity contribution in [2.45, 2.75) is 12.2 Å². The number of hydrogen-bond donors (Lipinski definition) is 2. The van der Waals surface area contributed by atoms with Crippen molar-refractivity contribution >= 4 is 17.3 Å². The van der Waals surface area contributed by atoms with Crippen molar-refractivity contribution in [3.05, 3.63) is 29.8 Å². The fourth-order valence-corrected chi connectivity index (χ4v) is 2.29. The molecule has 1 fully saturated rings. The van der Waals surface area contributed by atoms with Crippen LogP contribution in [0, 0.1) is 0 Å². The SMILES string of the molecule is OC(CCl)C(O)c1ccccc1N1CCOCC1. The maximum atomic E-state index is 10.1. The fourth-order valence-electron chi connectivity index (χ4n) is 2.12. The number of aliphatic hydroxyl groups excluding tert-OH is 2. The molecule has 1 aromatic rings. The third-order valence-corrected chi connectivity index (χ3v) is 3.45. The van der Waals surface area contributed by atoms with Gasteiger partial charge in [0.1, 0.15) is 6.10 Å². The van der Waals surface area contributed by atoms with Crippen molar-refractivity contribution < 1.29 is 14.9 Å². The second-order valence-electron chi connectivity index (χ2n) is 4.32. The lowest BCUT2D eigenvalue weighted by atomic mass is 10.0. The zero-order valence-corrected chi connectivity index (χ0v) is 10.9. The van der Waals surface area contributed by atoms with Gasteiger partial charge in [-0.15, -0.1) is 11.6 Å². The average molecular weight is 272 g/mol. The number of morpholine rings is 1. The van der Waals surface area contributed by atoms with E-state index in [0.717, 1.165) is 18.8 Å². The largest absolute Gasteiger partial charge is 0.389 e. The highest BCUT2D eigenvalue weighted by molar-refractivity contribution is 6.18. The molecule has 1 aliphatic rings. The Kier molecular flexibility index (Phi) is 4.83. The number of benzene rings is 1. The van der Waals surface area contributed by atoms with Gasteiger partial charge in [0.25, 0.3) is 0 Å². The van der Waals surface area contributed by atoms with Gasteiger partial charge in [0.05, 0.1) is 25.2 Å². The van der Waals surface area contributed by atoms with Gasteiger partial charge >= 0.3 is 0 Å². The first-order valence-electron chi connectivity index (χ1n) is 6.07. The van der Waals surface area contributed by atoms with E-state index in [-0.39, 0.29) is 5.88 Å². The highest BCUT2D eigenvalue weighted by atomic mass is 35.5. The molecule has 0 aliphatic carbocycles. The minimum atomic E-state index is -0.957. The van der Waals surface area contributed by atoms with Gasteiger partial charge in [-0.05, 0) is 6.07 Å². The first kappa shape index (κ1) is 13.6. The van der Waals surface area contributed by atoms with E-state index in [1.54, 1.807) is 0 Å². The van der Waals surface area contributed by atoms with Crippen LogP contribution >= 0.6 is 11.6 Å². The lowest BCUT2D eigenvalue weighted by molar-refractivity contribution is 0.0328. The number of alkyl halides is 1. The molecule has 2 rings (SSSR count). The van der Waals surface area contributed by atoms with Crippen LogP contribution in [0.5, 0.6) is 0 Å². The Balaban J connectivity index is 2.24. The molecule has 1 aromatic carbocycles. The van der Waals surface area contributed by atoms with Crippen molar-refractivity contribution in [3.63, 3.8) is 0 Å². The quantitative estimate of drug-likeness (QED) is 0.807. The minimum Gasteiger partial charge on any atom is -0.389 e. The van der Waals surface area contributed by atoms with Crippen LogP contribution in [0.3, 0.4) is 0 Å². The summed E-state index contributed by atoms with van der Waals surface area (Å²) >= 11 is 5.59. The predicted molar refractivity (Wildman–Crippen MR) is 71.2 cm³/mol. The van der Waals surface area contributed by atoms with Crippen molar-refractivity contribution in [1.29, 1.82) is 0 Å². The van der Waals surface area contributed by atoms with Gasteiger partial charge in [-0.25, -0.2) is 0 Å². The molecule has 0 aromatic heterocycles. The topological polar surface area (TPSA) is 52.9 Å². The first-order valence-corrected chi connectivity index (χ1v) is 6.61. The second kappa shape index (κ2) is 6.38. The zero-order valence-electron chi connectivity index (χ0n) is 10.1. The van der Waals surface area contributed by atoms with Gasteiger partial charge in [0.15, 0.2) is 0 Å². The zero-order chi connectivity index (χ0) is 13.0. The lowest BCUT2D eigenvalue weighted by Gasteiger charge is -2.32. The second-order valence-corrected chi connectivity index (χ2v) is 4.63. The summed E-state index contributed by atoms with van der Waals surface area (Å²) in [5.41, 5.74) is 1.66. The van der Waals surface area contributed by atoms with Crippen LogP contribution in [0.2, 0.25) is 0 Å². The Morgan fingerprint density at radius 1 is 1.22 bits per heavy atom. The van der Waals surface area contributed by atoms with Gasteiger partial charge in [0, 0.05) is 24.3 Å². The summed E-state index contributed by atoms with van der Waals surface area (Å²) in [6.07, 6.45) is -1.91. The molecule has 2 unspecified atom stereocenters. The number of anilines is 1. The molecule has 0 spiro atoms. The van der Waals surface area contributed by atoms with Crippen LogP contribution in [-0.2, 0) is 4.74 Å². The molecule has 1 heterocycles. The first-order chi connectivity index (χ1) is 8.74. The Morgan fingerprint density at radius 2 is 1.89 bits per heavy atom. The van der Waals surface area contributed by atoms with Gasteiger partial charge in [-0.3, -0.25) is 0 Å². The molecule has 100 valence electrons. The highest BCUT2D eigenvalue weighted by Crippen LogP contribution is 2.29. The third kappa shape index (κ3) is 2.95. The molecule has 0 amide bonds. The molecule has 0 radical (unpaired) electrons. The molecule has 2 atom stereocenters. The normalized spacial score (nSPS) is 19.6. The molecular formula is C13H18ClNO3. The molecule has 18 heavy (non-hydrogen) atoms. The smallest absolute Gasteiger partial charge is 0.108 e. The van der Waals surface area contributed by atoms with Crippen LogP contribution in [0.1, 0.15) is 11.7 Å². The maximum absolute atomic E-state index is 10.1. The van der Waals surface area contributed by atoms with Gasteiger partial charge in [-0.2, -0.15) is 0 Å². The molecule has 4 nitrogen and oxygen atoms in total. The summed E-state index contributed by atoms with van der Waals surface area (Å²) in [5.74, 6) is 0.0125. The van der Waals surface area contributed by atoms with Crippen molar-refractivity contribution in [2.24, 2.45) is 0 Å². The predicted octanol–water partition coefficient (Wildman–Crippen LogP) is 1.16. The standard InChI is InChI=1S/C13H18ClNO3/c14-9-12(16)13(17)10-3-1-2-4-11(10)15-5-7-18-8-6-15/h1-4,12-13,16-17H,5-9H2. The molecule has 2 N–H and O–H groups in total. The van der Waals surface area contributed by atoms with Crippen LogP contribution < -0.4 is 4.90 Å². The van der Waals surface area contributed by atoms with E-state index in [1.807, 2.05) is 24.3 Å². The summed E-state index contributed by atoms with van der Waals surface area (Å²) in [4.78, 5) is 2.16. The Bertz CT molecular complexity index is 361. The third-order valence-electron chi connectivity index (χ3n) is 3.13. The number of hydrogen-bond acceptors (Lipinski definition) is 4. The van der Waals surface area contributed by atoms with Crippen LogP contribution in [-0.4, -0.2) is 48.5 Å². The number of rotatable bonds is 4. The van der Waals surface area contributed by atoms with Gasteiger partial charge < -0.3 is 19.8 Å². The van der Waals surface area contributed by atoms with Crippen LogP contribution in [0.25, 0.3) is 0 Å². The molecule has 1 saturated heterocycles. The molecule has 0 saturated carbocycles. The Hall–Kier alpha value is -0.810. The summed E-state index contributed by atoms with van der Waals surface area (Å²) in [6, 6.07) is 7.55. The maximum Gasteiger partial charge on any atom is 0.108 e. The van der Waals surface area contributed by atoms with E-state index in [2.05, 4.69) is 4.90 Å².